The molecule has 0 amide bonds. The van der Waals surface area contributed by atoms with Crippen molar-refractivity contribution in [3.05, 3.63) is 48.0 Å². The van der Waals surface area contributed by atoms with Crippen molar-refractivity contribution in [1.82, 2.24) is 9.97 Å². The second-order valence-electron chi connectivity index (χ2n) is 5.80. The number of aryl methyl sites for hydroxylation is 1. The number of nitrogens with two attached hydrogens (primary N) is 1. The van der Waals surface area contributed by atoms with Gasteiger partial charge in [-0.15, -0.1) is 0 Å². The maximum atomic E-state index is 14.6. The number of rotatable bonds is 1. The maximum Gasteiger partial charge on any atom is 0.310 e. The molecule has 1 aliphatic heterocycles. The molecule has 2 N–H and O–H groups in total. The summed E-state index contributed by atoms with van der Waals surface area (Å²) in [6, 6.07) is 5.32. The Morgan fingerprint density at radius 2 is 1.91 bits per heavy atom. The third-order valence-electron chi connectivity index (χ3n) is 4.51. The minimum absolute atomic E-state index is 0.183. The van der Waals surface area contributed by atoms with Crippen molar-refractivity contribution in [2.75, 3.05) is 6.61 Å². The van der Waals surface area contributed by atoms with E-state index in [1.54, 1.807) is 18.5 Å². The summed E-state index contributed by atoms with van der Waals surface area (Å²) in [6.07, 6.45) is 5.48. The van der Waals surface area contributed by atoms with Crippen LogP contribution in [0.25, 0.3) is 11.1 Å². The molecular weight excluding hydrogens is 302 g/mol. The van der Waals surface area contributed by atoms with Crippen LogP contribution in [-0.4, -0.2) is 28.5 Å². The lowest BCUT2D eigenvalue weighted by molar-refractivity contribution is -0.121. The van der Waals surface area contributed by atoms with Crippen molar-refractivity contribution < 1.29 is 13.5 Å². The lowest BCUT2D eigenvalue weighted by Crippen LogP contribution is -2.51. The maximum absolute atomic E-state index is 14.6. The van der Waals surface area contributed by atoms with Crippen LogP contribution in [0.3, 0.4) is 0 Å². The smallest absolute Gasteiger partial charge is 0.310 e. The molecule has 0 bridgehead atoms. The van der Waals surface area contributed by atoms with E-state index in [0.29, 0.717) is 12.0 Å². The largest absolute Gasteiger partial charge is 0.459 e. The first-order valence-electron chi connectivity index (χ1n) is 7.27. The molecule has 5 nitrogen and oxygen atoms in total. The number of hydrogen-bond acceptors (Lipinski definition) is 5. The van der Waals surface area contributed by atoms with Gasteiger partial charge in [0.15, 0.2) is 12.1 Å². The van der Waals surface area contributed by atoms with Gasteiger partial charge in [-0.3, -0.25) is 0 Å². The number of halogens is 2. The SMILES string of the molecule is NC1=N[C@@]2(CCc3ccc(-c4cncnc4)cc32)C(F)(F)CO1. The first-order valence-corrected chi connectivity index (χ1v) is 7.27. The Labute approximate surface area is 131 Å². The van der Waals surface area contributed by atoms with Crippen molar-refractivity contribution in [1.29, 1.82) is 0 Å². The van der Waals surface area contributed by atoms with Crippen LogP contribution in [0.15, 0.2) is 41.9 Å². The highest BCUT2D eigenvalue weighted by Gasteiger charge is 2.60. The van der Waals surface area contributed by atoms with E-state index in [-0.39, 0.29) is 12.4 Å². The fraction of sp³-hybridized carbons (Fsp3) is 0.312. The number of aromatic nitrogens is 2. The van der Waals surface area contributed by atoms with E-state index >= 15 is 0 Å². The zero-order valence-electron chi connectivity index (χ0n) is 12.2. The van der Waals surface area contributed by atoms with Crippen LogP contribution in [0.5, 0.6) is 0 Å². The van der Waals surface area contributed by atoms with Crippen molar-refractivity contribution in [2.24, 2.45) is 10.7 Å². The molecule has 2 aromatic rings. The molecule has 1 aromatic carbocycles. The van der Waals surface area contributed by atoms with Crippen molar-refractivity contribution in [2.45, 2.75) is 24.3 Å². The molecule has 1 spiro atoms. The van der Waals surface area contributed by atoms with Crippen LogP contribution in [0.4, 0.5) is 8.78 Å². The number of aliphatic imine (C=N–C) groups is 1. The molecule has 0 saturated heterocycles. The molecule has 2 aliphatic rings. The first-order chi connectivity index (χ1) is 11.0. The van der Waals surface area contributed by atoms with Gasteiger partial charge in [0.25, 0.3) is 6.02 Å². The van der Waals surface area contributed by atoms with Crippen molar-refractivity contribution in [3.8, 4) is 11.1 Å². The van der Waals surface area contributed by atoms with E-state index in [9.17, 15) is 8.78 Å². The van der Waals surface area contributed by atoms with E-state index in [2.05, 4.69) is 15.0 Å². The summed E-state index contributed by atoms with van der Waals surface area (Å²) in [4.78, 5) is 12.0. The average molecular weight is 316 g/mol. The lowest BCUT2D eigenvalue weighted by atomic mass is 9.84. The Morgan fingerprint density at radius 1 is 1.13 bits per heavy atom. The Hall–Kier alpha value is -2.57. The summed E-state index contributed by atoms with van der Waals surface area (Å²) in [5, 5.41) is 0. The van der Waals surface area contributed by atoms with Crippen molar-refractivity contribution >= 4 is 6.02 Å². The van der Waals surface area contributed by atoms with Gasteiger partial charge in [-0.05, 0) is 35.6 Å². The van der Waals surface area contributed by atoms with Crippen LogP contribution in [0.1, 0.15) is 17.5 Å². The summed E-state index contributed by atoms with van der Waals surface area (Å²) in [5.41, 5.74) is 6.87. The topological polar surface area (TPSA) is 73.4 Å². The molecule has 4 rings (SSSR count). The molecule has 2 heterocycles. The summed E-state index contributed by atoms with van der Waals surface area (Å²) >= 11 is 0. The third kappa shape index (κ3) is 1.99. The summed E-state index contributed by atoms with van der Waals surface area (Å²) in [5.74, 6) is -3.10. The molecule has 118 valence electrons. The van der Waals surface area contributed by atoms with E-state index in [1.165, 1.54) is 6.33 Å². The number of benzene rings is 1. The predicted octanol–water partition coefficient (Wildman–Crippen LogP) is 2.27. The van der Waals surface area contributed by atoms with Gasteiger partial charge in [0, 0.05) is 18.0 Å². The summed E-state index contributed by atoms with van der Waals surface area (Å²) < 4.78 is 34.0. The highest BCUT2D eigenvalue weighted by Crippen LogP contribution is 2.52. The quantitative estimate of drug-likeness (QED) is 0.876. The molecule has 0 fully saturated rings. The highest BCUT2D eigenvalue weighted by molar-refractivity contribution is 5.74. The summed E-state index contributed by atoms with van der Waals surface area (Å²) in [6.45, 7) is -0.750. The molecule has 7 heteroatoms. The molecule has 0 unspecified atom stereocenters. The van der Waals surface area contributed by atoms with Gasteiger partial charge in [-0.25, -0.2) is 15.0 Å². The predicted molar refractivity (Wildman–Crippen MR) is 80.0 cm³/mol. The van der Waals surface area contributed by atoms with Gasteiger partial charge in [0.05, 0.1) is 0 Å². The third-order valence-corrected chi connectivity index (χ3v) is 4.51. The van der Waals surface area contributed by atoms with E-state index in [4.69, 9.17) is 10.5 Å². The van der Waals surface area contributed by atoms with E-state index < -0.39 is 18.1 Å². The van der Waals surface area contributed by atoms with Gasteiger partial charge < -0.3 is 10.5 Å². The Kier molecular flexibility index (Phi) is 2.88. The van der Waals surface area contributed by atoms with E-state index in [0.717, 1.165) is 16.7 Å². The fourth-order valence-electron chi connectivity index (χ4n) is 3.34. The van der Waals surface area contributed by atoms with Crippen LogP contribution in [-0.2, 0) is 16.7 Å². The average Bonchev–Trinajstić information content (AvgIpc) is 2.92. The van der Waals surface area contributed by atoms with Crippen LogP contribution >= 0.6 is 0 Å². The normalized spacial score (nSPS) is 24.9. The molecule has 0 saturated carbocycles. The summed E-state index contributed by atoms with van der Waals surface area (Å²) in [7, 11) is 0. The van der Waals surface area contributed by atoms with Crippen LogP contribution < -0.4 is 5.73 Å². The van der Waals surface area contributed by atoms with Crippen LogP contribution in [0.2, 0.25) is 0 Å². The Bertz CT molecular complexity index is 794. The number of fused-ring (bicyclic) bond motifs is 2. The van der Waals surface area contributed by atoms with Crippen molar-refractivity contribution in [3.63, 3.8) is 0 Å². The minimum atomic E-state index is -3.10. The minimum Gasteiger partial charge on any atom is -0.459 e. The highest BCUT2D eigenvalue weighted by atomic mass is 19.3. The zero-order valence-corrected chi connectivity index (χ0v) is 12.2. The molecule has 23 heavy (non-hydrogen) atoms. The fourth-order valence-corrected chi connectivity index (χ4v) is 3.34. The van der Waals surface area contributed by atoms with Gasteiger partial charge >= 0.3 is 5.92 Å². The number of alkyl halides is 2. The monoisotopic (exact) mass is 316 g/mol. The van der Waals surface area contributed by atoms with Crippen LogP contribution in [0, 0.1) is 0 Å². The first kappa shape index (κ1) is 14.0. The lowest BCUT2D eigenvalue weighted by Gasteiger charge is -2.37. The number of amidine groups is 1. The number of ether oxygens (including phenoxy) is 1. The van der Waals surface area contributed by atoms with Gasteiger partial charge in [0.1, 0.15) is 6.33 Å². The zero-order chi connectivity index (χ0) is 16.1. The Morgan fingerprint density at radius 3 is 2.70 bits per heavy atom. The Balaban J connectivity index is 1.90. The van der Waals surface area contributed by atoms with Gasteiger partial charge in [-0.1, -0.05) is 12.1 Å². The molecular formula is C16H14F2N4O. The molecule has 0 radical (unpaired) electrons. The second kappa shape index (κ2) is 4.71. The molecule has 1 atom stereocenters. The molecule has 1 aromatic heterocycles. The number of nitrogens with zero attached hydrogens (tertiary/aromatic N) is 3. The van der Waals surface area contributed by atoms with Gasteiger partial charge in [-0.2, -0.15) is 8.78 Å². The second-order valence-corrected chi connectivity index (χ2v) is 5.80. The number of hydrogen-bond donors (Lipinski definition) is 1. The molecule has 1 aliphatic carbocycles. The standard InChI is InChI=1S/C16H14F2N4O/c17-16(18)8-23-14(19)22-15(16)4-3-10-1-2-11(5-13(10)15)12-6-20-9-21-7-12/h1-2,5-7,9H,3-4,8H2,(H2,19,22)/t15-/m1/s1. The van der Waals surface area contributed by atoms with E-state index in [1.807, 2.05) is 12.1 Å². The van der Waals surface area contributed by atoms with Gasteiger partial charge in [0.2, 0.25) is 0 Å².